The highest BCUT2D eigenvalue weighted by molar-refractivity contribution is 7.73. The van der Waals surface area contributed by atoms with Gasteiger partial charge in [-0.3, -0.25) is 14.0 Å². The predicted molar refractivity (Wildman–Crippen MR) is 110 cm³/mol. The number of methoxy groups -OCH3 is 1. The number of nitrogens with zero attached hydrogens (tertiary/aromatic N) is 2. The Bertz CT molecular complexity index is 1200. The van der Waals surface area contributed by atoms with Gasteiger partial charge in [0, 0.05) is 13.1 Å². The van der Waals surface area contributed by atoms with Crippen molar-refractivity contribution in [1.82, 2.24) is 14.3 Å². The first kappa shape index (κ1) is 18.8. The summed E-state index contributed by atoms with van der Waals surface area (Å²) < 4.78 is 6.88. The summed E-state index contributed by atoms with van der Waals surface area (Å²) in [6, 6.07) is 4.68. The van der Waals surface area contributed by atoms with E-state index in [4.69, 9.17) is 17.0 Å². The van der Waals surface area contributed by atoms with Crippen LogP contribution >= 0.6 is 23.6 Å². The average molecular weight is 418 g/mol. The fraction of sp³-hybridized carbons (Fsp3) is 0.368. The number of thiazole rings is 1. The van der Waals surface area contributed by atoms with Gasteiger partial charge in [-0.05, 0) is 43.3 Å². The van der Waals surface area contributed by atoms with Crippen LogP contribution in [-0.2, 0) is 4.74 Å². The summed E-state index contributed by atoms with van der Waals surface area (Å²) >= 11 is 6.68. The van der Waals surface area contributed by atoms with E-state index in [1.165, 1.54) is 24.5 Å². The van der Waals surface area contributed by atoms with Crippen molar-refractivity contribution >= 4 is 52.0 Å². The number of esters is 1. The molecule has 9 heteroatoms. The number of likely N-dealkylation sites (tertiary alicyclic amines) is 1. The lowest BCUT2D eigenvalue weighted by Gasteiger charge is -2.19. The lowest BCUT2D eigenvalue weighted by molar-refractivity contribution is 0.0600. The van der Waals surface area contributed by atoms with E-state index in [1.54, 1.807) is 16.5 Å². The molecule has 28 heavy (non-hydrogen) atoms. The summed E-state index contributed by atoms with van der Waals surface area (Å²) in [6.45, 7) is 1.42. The van der Waals surface area contributed by atoms with Crippen LogP contribution in [0.25, 0.3) is 16.6 Å². The first-order valence-corrected chi connectivity index (χ1v) is 10.3. The highest BCUT2D eigenvalue weighted by Crippen LogP contribution is 2.25. The first-order valence-electron chi connectivity index (χ1n) is 9.10. The molecule has 3 heterocycles. The maximum absolute atomic E-state index is 13.1. The monoisotopic (exact) mass is 417 g/mol. The number of nitrogens with one attached hydrogen (secondary N) is 1. The van der Waals surface area contributed by atoms with Gasteiger partial charge in [0.15, 0.2) is 3.95 Å². The fourth-order valence-corrected chi connectivity index (χ4v) is 4.95. The molecule has 7 nitrogen and oxygen atoms in total. The number of H-pyrrole nitrogens is 1. The van der Waals surface area contributed by atoms with Crippen LogP contribution in [0.4, 0.5) is 0 Å². The smallest absolute Gasteiger partial charge is 0.337 e. The molecule has 1 N–H and O–H groups in total. The molecule has 1 aliphatic rings. The molecule has 0 unspecified atom stereocenters. The normalized spacial score (nSPS) is 15.0. The van der Waals surface area contributed by atoms with Crippen LogP contribution in [0.15, 0.2) is 23.0 Å². The Labute approximate surface area is 169 Å². The van der Waals surface area contributed by atoms with E-state index in [-0.39, 0.29) is 11.5 Å². The molecule has 2 aromatic heterocycles. The number of amides is 1. The van der Waals surface area contributed by atoms with Crippen LogP contribution in [0, 0.1) is 3.95 Å². The van der Waals surface area contributed by atoms with Crippen LogP contribution in [0.5, 0.6) is 0 Å². The molecule has 0 saturated carbocycles. The molecular weight excluding hydrogens is 398 g/mol. The van der Waals surface area contributed by atoms with Gasteiger partial charge in [0.25, 0.3) is 11.5 Å². The van der Waals surface area contributed by atoms with Crippen molar-refractivity contribution in [3.63, 3.8) is 0 Å². The Morgan fingerprint density at radius 3 is 2.57 bits per heavy atom. The highest BCUT2D eigenvalue weighted by Gasteiger charge is 2.24. The van der Waals surface area contributed by atoms with E-state index in [1.807, 2.05) is 4.90 Å². The summed E-state index contributed by atoms with van der Waals surface area (Å²) in [4.78, 5) is 42.7. The van der Waals surface area contributed by atoms with E-state index >= 15 is 0 Å². The molecule has 1 amide bonds. The largest absolute Gasteiger partial charge is 0.465 e. The van der Waals surface area contributed by atoms with Crippen LogP contribution < -0.4 is 5.56 Å². The first-order chi connectivity index (χ1) is 13.5. The minimum absolute atomic E-state index is 0.111. The third-order valence-corrected chi connectivity index (χ3v) is 6.40. The molecule has 0 atom stereocenters. The maximum atomic E-state index is 13.1. The number of aromatic amines is 1. The summed E-state index contributed by atoms with van der Waals surface area (Å²) in [6.07, 6.45) is 4.19. The van der Waals surface area contributed by atoms with Crippen LogP contribution in [0.3, 0.4) is 0 Å². The van der Waals surface area contributed by atoms with Crippen molar-refractivity contribution in [3.05, 3.63) is 42.9 Å². The van der Waals surface area contributed by atoms with Crippen molar-refractivity contribution in [2.75, 3.05) is 20.2 Å². The maximum Gasteiger partial charge on any atom is 0.337 e. The van der Waals surface area contributed by atoms with Crippen LogP contribution in [-0.4, -0.2) is 46.4 Å². The van der Waals surface area contributed by atoms with Crippen molar-refractivity contribution in [3.8, 4) is 0 Å². The van der Waals surface area contributed by atoms with Gasteiger partial charge in [-0.15, -0.1) is 0 Å². The quantitative estimate of drug-likeness (QED) is 0.511. The van der Waals surface area contributed by atoms with Gasteiger partial charge in [-0.25, -0.2) is 4.79 Å². The molecule has 1 fully saturated rings. The SMILES string of the molecule is COC(=O)c1ccc2c(=O)[nH]c3c(C(=O)N4CCCCCC4)sc(=S)n3c2c1. The minimum Gasteiger partial charge on any atom is -0.465 e. The summed E-state index contributed by atoms with van der Waals surface area (Å²) in [5, 5.41) is 0.392. The summed E-state index contributed by atoms with van der Waals surface area (Å²) in [5.74, 6) is -0.613. The standard InChI is InChI=1S/C19H19N3O4S2/c1-26-18(25)11-6-7-12-13(10-11)22-15(20-16(12)23)14(28-19(22)27)17(24)21-8-4-2-3-5-9-21/h6-7,10H,2-5,8-9H2,1H3,(H,20,23). The number of hydrogen-bond donors (Lipinski definition) is 1. The number of carbonyl (C=O) groups is 2. The van der Waals surface area contributed by atoms with E-state index in [0.717, 1.165) is 25.7 Å². The van der Waals surface area contributed by atoms with Crippen molar-refractivity contribution in [2.24, 2.45) is 0 Å². The van der Waals surface area contributed by atoms with Gasteiger partial charge in [-0.1, -0.05) is 24.2 Å². The van der Waals surface area contributed by atoms with Crippen LogP contribution in [0.2, 0.25) is 0 Å². The molecule has 4 rings (SSSR count). The molecule has 1 saturated heterocycles. The molecule has 0 spiro atoms. The number of hydrogen-bond acceptors (Lipinski definition) is 6. The number of ether oxygens (including phenoxy) is 1. The Balaban J connectivity index is 1.93. The second-order valence-electron chi connectivity index (χ2n) is 6.77. The minimum atomic E-state index is -0.502. The Kier molecular flexibility index (Phi) is 5.03. The molecule has 0 bridgehead atoms. The average Bonchev–Trinajstić information content (AvgIpc) is 2.88. The van der Waals surface area contributed by atoms with E-state index in [2.05, 4.69) is 4.98 Å². The molecule has 0 radical (unpaired) electrons. The highest BCUT2D eigenvalue weighted by atomic mass is 32.1. The van der Waals surface area contributed by atoms with Gasteiger partial charge in [0.05, 0.1) is 23.6 Å². The van der Waals surface area contributed by atoms with Crippen molar-refractivity contribution in [1.29, 1.82) is 0 Å². The molecule has 3 aromatic rings. The molecule has 1 aliphatic heterocycles. The van der Waals surface area contributed by atoms with Crippen LogP contribution in [0.1, 0.15) is 45.7 Å². The lowest BCUT2D eigenvalue weighted by Crippen LogP contribution is -2.31. The van der Waals surface area contributed by atoms with Gasteiger partial charge in [-0.2, -0.15) is 0 Å². The summed E-state index contributed by atoms with van der Waals surface area (Å²) in [7, 11) is 1.30. The van der Waals surface area contributed by atoms with Gasteiger partial charge < -0.3 is 14.6 Å². The molecule has 0 aliphatic carbocycles. The zero-order valence-electron chi connectivity index (χ0n) is 15.3. The number of carbonyl (C=O) groups excluding carboxylic acids is 2. The Morgan fingerprint density at radius 1 is 1.18 bits per heavy atom. The third kappa shape index (κ3) is 3.14. The number of aromatic nitrogens is 2. The second-order valence-corrected chi connectivity index (χ2v) is 8.41. The van der Waals surface area contributed by atoms with Gasteiger partial charge >= 0.3 is 5.97 Å². The Morgan fingerprint density at radius 2 is 1.89 bits per heavy atom. The Hall–Kier alpha value is -2.52. The van der Waals surface area contributed by atoms with Crippen molar-refractivity contribution < 1.29 is 14.3 Å². The second kappa shape index (κ2) is 7.48. The predicted octanol–water partition coefficient (Wildman–Crippen LogP) is 3.37. The topological polar surface area (TPSA) is 83.9 Å². The lowest BCUT2D eigenvalue weighted by atomic mass is 10.1. The molecule has 1 aromatic carbocycles. The van der Waals surface area contributed by atoms with Crippen molar-refractivity contribution in [2.45, 2.75) is 25.7 Å². The zero-order chi connectivity index (χ0) is 19.8. The van der Waals surface area contributed by atoms with Gasteiger partial charge in [0.1, 0.15) is 10.5 Å². The zero-order valence-corrected chi connectivity index (χ0v) is 17.0. The number of benzene rings is 1. The number of rotatable bonds is 2. The molecule has 146 valence electrons. The van der Waals surface area contributed by atoms with E-state index in [0.29, 0.717) is 44.0 Å². The van der Waals surface area contributed by atoms with E-state index in [9.17, 15) is 14.4 Å². The number of fused-ring (bicyclic) bond motifs is 3. The van der Waals surface area contributed by atoms with Gasteiger partial charge in [0.2, 0.25) is 0 Å². The summed E-state index contributed by atoms with van der Waals surface area (Å²) in [5.41, 5.74) is 0.848. The third-order valence-electron chi connectivity index (χ3n) is 5.03. The molecular formula is C19H19N3O4S2. The fourth-order valence-electron chi connectivity index (χ4n) is 3.60. The van der Waals surface area contributed by atoms with E-state index < -0.39 is 5.97 Å².